The van der Waals surface area contributed by atoms with Crippen molar-refractivity contribution in [3.63, 3.8) is 0 Å². The largest absolute Gasteiger partial charge is 0.378 e. The summed E-state index contributed by atoms with van der Waals surface area (Å²) in [6.45, 7) is 0. The Labute approximate surface area is 117 Å². The van der Waals surface area contributed by atoms with Crippen LogP contribution in [-0.2, 0) is 0 Å². The van der Waals surface area contributed by atoms with E-state index in [-0.39, 0.29) is 5.91 Å². The molecule has 4 nitrogen and oxygen atoms in total. The van der Waals surface area contributed by atoms with Gasteiger partial charge in [0.2, 0.25) is 0 Å². The number of carbonyl (C=O) groups is 1. The van der Waals surface area contributed by atoms with Gasteiger partial charge in [0.05, 0.1) is 10.6 Å². The maximum absolute atomic E-state index is 12.0. The summed E-state index contributed by atoms with van der Waals surface area (Å²) in [7, 11) is 3.92. The van der Waals surface area contributed by atoms with E-state index < -0.39 is 0 Å². The van der Waals surface area contributed by atoms with Crippen LogP contribution in [0.25, 0.3) is 0 Å². The van der Waals surface area contributed by atoms with E-state index >= 15 is 0 Å². The lowest BCUT2D eigenvalue weighted by molar-refractivity contribution is 0.102. The first kappa shape index (κ1) is 13.4. The van der Waals surface area contributed by atoms with Gasteiger partial charge in [-0.1, -0.05) is 11.6 Å². The Balaban J connectivity index is 2.13. The van der Waals surface area contributed by atoms with Crippen LogP contribution < -0.4 is 10.2 Å². The number of carbonyl (C=O) groups excluding carboxylic acids is 1. The van der Waals surface area contributed by atoms with Crippen molar-refractivity contribution in [3.05, 3.63) is 53.3 Å². The minimum absolute atomic E-state index is 0.268. The average Bonchev–Trinajstić information content (AvgIpc) is 2.39. The Morgan fingerprint density at radius 3 is 2.47 bits per heavy atom. The van der Waals surface area contributed by atoms with E-state index in [0.29, 0.717) is 10.6 Å². The van der Waals surface area contributed by atoms with Gasteiger partial charge in [-0.15, -0.1) is 0 Å². The SMILES string of the molecule is CN(C)c1ccc(NC(=O)c2cnccc2Cl)cc1. The minimum Gasteiger partial charge on any atom is -0.378 e. The molecule has 0 fully saturated rings. The number of rotatable bonds is 3. The van der Waals surface area contributed by atoms with Crippen molar-refractivity contribution >= 4 is 28.9 Å². The van der Waals surface area contributed by atoms with Crippen LogP contribution in [0.4, 0.5) is 11.4 Å². The fourth-order valence-electron chi connectivity index (χ4n) is 1.59. The second kappa shape index (κ2) is 5.71. The first-order valence-corrected chi connectivity index (χ1v) is 6.14. The number of halogens is 1. The Hall–Kier alpha value is -2.07. The molecule has 0 aliphatic rings. The van der Waals surface area contributed by atoms with Crippen LogP contribution in [0.1, 0.15) is 10.4 Å². The van der Waals surface area contributed by atoms with Crippen LogP contribution in [0, 0.1) is 0 Å². The zero-order valence-corrected chi connectivity index (χ0v) is 11.5. The summed E-state index contributed by atoms with van der Waals surface area (Å²) in [4.78, 5) is 17.9. The highest BCUT2D eigenvalue weighted by Crippen LogP contribution is 2.18. The van der Waals surface area contributed by atoms with Crippen LogP contribution in [0.3, 0.4) is 0 Å². The van der Waals surface area contributed by atoms with E-state index in [1.54, 1.807) is 12.3 Å². The van der Waals surface area contributed by atoms with E-state index in [0.717, 1.165) is 11.4 Å². The van der Waals surface area contributed by atoms with Gasteiger partial charge in [-0.25, -0.2) is 0 Å². The van der Waals surface area contributed by atoms with Crippen LogP contribution >= 0.6 is 11.6 Å². The van der Waals surface area contributed by atoms with Gasteiger partial charge < -0.3 is 10.2 Å². The Morgan fingerprint density at radius 1 is 1.21 bits per heavy atom. The maximum atomic E-state index is 12.0. The van der Waals surface area contributed by atoms with E-state index in [9.17, 15) is 4.79 Å². The molecule has 0 saturated carbocycles. The molecule has 1 aromatic carbocycles. The number of hydrogen-bond acceptors (Lipinski definition) is 3. The summed E-state index contributed by atoms with van der Waals surface area (Å²) in [5.41, 5.74) is 2.15. The molecule has 0 unspecified atom stereocenters. The van der Waals surface area contributed by atoms with Gasteiger partial charge in [-0.05, 0) is 30.3 Å². The molecule has 0 aliphatic heterocycles. The number of benzene rings is 1. The van der Waals surface area contributed by atoms with Crippen molar-refractivity contribution in [1.29, 1.82) is 0 Å². The normalized spacial score (nSPS) is 10.1. The van der Waals surface area contributed by atoms with Crippen molar-refractivity contribution in [2.45, 2.75) is 0 Å². The highest BCUT2D eigenvalue weighted by Gasteiger charge is 2.10. The number of aromatic nitrogens is 1. The van der Waals surface area contributed by atoms with Gasteiger partial charge in [-0.2, -0.15) is 0 Å². The number of nitrogens with one attached hydrogen (secondary N) is 1. The zero-order valence-electron chi connectivity index (χ0n) is 10.7. The van der Waals surface area contributed by atoms with Crippen molar-refractivity contribution < 1.29 is 4.79 Å². The lowest BCUT2D eigenvalue weighted by Gasteiger charge is -2.13. The molecule has 1 N–H and O–H groups in total. The molecule has 19 heavy (non-hydrogen) atoms. The minimum atomic E-state index is -0.268. The van der Waals surface area contributed by atoms with Gasteiger partial charge in [0.25, 0.3) is 5.91 Å². The standard InChI is InChI=1S/C14H14ClN3O/c1-18(2)11-5-3-10(4-6-11)17-14(19)12-9-16-8-7-13(12)15/h3-9H,1-2H3,(H,17,19). The fourth-order valence-corrected chi connectivity index (χ4v) is 1.78. The van der Waals surface area contributed by atoms with Gasteiger partial charge in [0.15, 0.2) is 0 Å². The monoisotopic (exact) mass is 275 g/mol. The Bertz CT molecular complexity index is 581. The summed E-state index contributed by atoms with van der Waals surface area (Å²) in [5, 5.41) is 3.17. The zero-order chi connectivity index (χ0) is 13.8. The molecule has 0 radical (unpaired) electrons. The van der Waals surface area contributed by atoms with Gasteiger partial charge in [0, 0.05) is 37.9 Å². The fraction of sp³-hybridized carbons (Fsp3) is 0.143. The molecule has 0 spiro atoms. The second-order valence-corrected chi connectivity index (χ2v) is 4.66. The summed E-state index contributed by atoms with van der Waals surface area (Å²) >= 11 is 5.94. The third-order valence-corrected chi connectivity index (χ3v) is 2.98. The highest BCUT2D eigenvalue weighted by atomic mass is 35.5. The van der Waals surface area contributed by atoms with Gasteiger partial charge in [-0.3, -0.25) is 9.78 Å². The van der Waals surface area contributed by atoms with Gasteiger partial charge >= 0.3 is 0 Å². The van der Waals surface area contributed by atoms with Gasteiger partial charge in [0.1, 0.15) is 0 Å². The molecule has 98 valence electrons. The predicted molar refractivity (Wildman–Crippen MR) is 78.0 cm³/mol. The smallest absolute Gasteiger partial charge is 0.258 e. The number of anilines is 2. The van der Waals surface area contributed by atoms with Crippen LogP contribution in [0.5, 0.6) is 0 Å². The second-order valence-electron chi connectivity index (χ2n) is 4.25. The lowest BCUT2D eigenvalue weighted by atomic mass is 10.2. The van der Waals surface area contributed by atoms with Crippen LogP contribution in [0.2, 0.25) is 5.02 Å². The topological polar surface area (TPSA) is 45.2 Å². The molecule has 0 saturated heterocycles. The molecule has 2 rings (SSSR count). The van der Waals surface area contributed by atoms with E-state index in [4.69, 9.17) is 11.6 Å². The van der Waals surface area contributed by atoms with Crippen molar-refractivity contribution in [2.75, 3.05) is 24.3 Å². The maximum Gasteiger partial charge on any atom is 0.258 e. The number of amides is 1. The van der Waals surface area contributed by atoms with Crippen molar-refractivity contribution in [3.8, 4) is 0 Å². The quantitative estimate of drug-likeness (QED) is 0.936. The molecule has 1 aromatic heterocycles. The predicted octanol–water partition coefficient (Wildman–Crippen LogP) is 3.05. The summed E-state index contributed by atoms with van der Waals surface area (Å²) in [5.74, 6) is -0.268. The van der Waals surface area contributed by atoms with E-state index in [1.165, 1.54) is 6.20 Å². The Kier molecular flexibility index (Phi) is 4.02. The first-order valence-electron chi connectivity index (χ1n) is 5.76. The number of nitrogens with zero attached hydrogens (tertiary/aromatic N) is 2. The van der Waals surface area contributed by atoms with Crippen LogP contribution in [-0.4, -0.2) is 25.0 Å². The van der Waals surface area contributed by atoms with E-state index in [1.807, 2.05) is 43.3 Å². The molecule has 0 aliphatic carbocycles. The van der Waals surface area contributed by atoms with Crippen molar-refractivity contribution in [2.24, 2.45) is 0 Å². The molecular weight excluding hydrogens is 262 g/mol. The molecule has 0 atom stereocenters. The molecule has 2 aromatic rings. The first-order chi connectivity index (χ1) is 9.08. The summed E-state index contributed by atoms with van der Waals surface area (Å²) in [6.07, 6.45) is 3.00. The molecule has 1 amide bonds. The van der Waals surface area contributed by atoms with Crippen molar-refractivity contribution in [1.82, 2.24) is 4.98 Å². The summed E-state index contributed by atoms with van der Waals surface area (Å²) < 4.78 is 0. The van der Waals surface area contributed by atoms with E-state index in [2.05, 4.69) is 10.3 Å². The number of pyridine rings is 1. The number of hydrogen-bond donors (Lipinski definition) is 1. The Morgan fingerprint density at radius 2 is 1.89 bits per heavy atom. The van der Waals surface area contributed by atoms with Crippen LogP contribution in [0.15, 0.2) is 42.7 Å². The molecular formula is C14H14ClN3O. The molecule has 1 heterocycles. The average molecular weight is 276 g/mol. The third kappa shape index (κ3) is 3.23. The third-order valence-electron chi connectivity index (χ3n) is 2.65. The summed E-state index contributed by atoms with van der Waals surface area (Å²) in [6, 6.07) is 9.14. The molecule has 0 bridgehead atoms. The molecule has 5 heteroatoms. The highest BCUT2D eigenvalue weighted by molar-refractivity contribution is 6.34. The lowest BCUT2D eigenvalue weighted by Crippen LogP contribution is -2.13.